The lowest BCUT2D eigenvalue weighted by Crippen LogP contribution is -2.29. The lowest BCUT2D eigenvalue weighted by molar-refractivity contribution is 0.102. The number of benzene rings is 3. The number of aromatic nitrogens is 1. The third kappa shape index (κ3) is 6.15. The molecule has 41 heavy (non-hydrogen) atoms. The summed E-state index contributed by atoms with van der Waals surface area (Å²) in [5, 5.41) is 4.52. The SMILES string of the molecule is Cc1ccc(NC(=O)c2cccc(N3CCCCC3)c2)cc1-n1ccc2ccc(OCCN3CCCC3)cc2c1=O. The van der Waals surface area contributed by atoms with Crippen molar-refractivity contribution in [1.82, 2.24) is 9.47 Å². The average Bonchev–Trinajstić information content (AvgIpc) is 3.53. The van der Waals surface area contributed by atoms with Crippen LogP contribution in [0.4, 0.5) is 11.4 Å². The van der Waals surface area contributed by atoms with E-state index in [0.29, 0.717) is 29.0 Å². The van der Waals surface area contributed by atoms with Gasteiger partial charge in [-0.25, -0.2) is 0 Å². The van der Waals surface area contributed by atoms with Gasteiger partial charge >= 0.3 is 0 Å². The quantitative estimate of drug-likeness (QED) is 0.291. The summed E-state index contributed by atoms with van der Waals surface area (Å²) in [7, 11) is 0. The van der Waals surface area contributed by atoms with Crippen molar-refractivity contribution in [3.05, 3.63) is 94.4 Å². The molecule has 3 heterocycles. The van der Waals surface area contributed by atoms with E-state index in [1.165, 1.54) is 32.1 Å². The summed E-state index contributed by atoms with van der Waals surface area (Å²) >= 11 is 0. The number of nitrogens with zero attached hydrogens (tertiary/aromatic N) is 3. The van der Waals surface area contributed by atoms with E-state index in [-0.39, 0.29) is 11.5 Å². The van der Waals surface area contributed by atoms with Gasteiger partial charge in [0.05, 0.1) is 11.1 Å². The van der Waals surface area contributed by atoms with Crippen molar-refractivity contribution >= 4 is 28.1 Å². The predicted molar refractivity (Wildman–Crippen MR) is 166 cm³/mol. The molecule has 0 saturated carbocycles. The minimum Gasteiger partial charge on any atom is -0.492 e. The first-order chi connectivity index (χ1) is 20.0. The number of anilines is 2. The number of hydrogen-bond donors (Lipinski definition) is 1. The van der Waals surface area contributed by atoms with E-state index in [0.717, 1.165) is 55.0 Å². The number of likely N-dealkylation sites (tertiary alicyclic amines) is 1. The van der Waals surface area contributed by atoms with Gasteiger partial charge in [-0.15, -0.1) is 0 Å². The number of amides is 1. The van der Waals surface area contributed by atoms with Crippen LogP contribution in [0.5, 0.6) is 5.75 Å². The zero-order valence-electron chi connectivity index (χ0n) is 23.8. The summed E-state index contributed by atoms with van der Waals surface area (Å²) in [5.41, 5.74) is 3.91. The van der Waals surface area contributed by atoms with Crippen molar-refractivity contribution in [3.8, 4) is 11.4 Å². The Labute approximate surface area is 241 Å². The fourth-order valence-electron chi connectivity index (χ4n) is 5.94. The number of piperidine rings is 1. The van der Waals surface area contributed by atoms with Crippen molar-refractivity contribution in [3.63, 3.8) is 0 Å². The summed E-state index contributed by atoms with van der Waals surface area (Å²) in [6.07, 6.45) is 7.94. The molecule has 0 aliphatic carbocycles. The first kappa shape index (κ1) is 27.1. The van der Waals surface area contributed by atoms with Gasteiger partial charge in [-0.2, -0.15) is 0 Å². The maximum absolute atomic E-state index is 13.7. The molecule has 6 rings (SSSR count). The standard InChI is InChI=1S/C34H38N4O3/c1-25-10-12-28(35-33(39)27-8-7-9-29(22-27)37-17-3-2-4-18-37)23-32(25)38-19-14-26-11-13-30(24-31(26)34(38)40)41-21-20-36-15-5-6-16-36/h7-14,19,22-24H,2-6,15-18,20-21H2,1H3,(H,35,39). The van der Waals surface area contributed by atoms with E-state index >= 15 is 0 Å². The summed E-state index contributed by atoms with van der Waals surface area (Å²) in [6, 6.07) is 21.2. The van der Waals surface area contributed by atoms with Crippen molar-refractivity contribution in [2.75, 3.05) is 49.5 Å². The third-order valence-corrected chi connectivity index (χ3v) is 8.31. The van der Waals surface area contributed by atoms with Gasteiger partial charge in [0.25, 0.3) is 11.5 Å². The summed E-state index contributed by atoms with van der Waals surface area (Å²) in [5.74, 6) is 0.538. The molecule has 1 aromatic heterocycles. The summed E-state index contributed by atoms with van der Waals surface area (Å²) < 4.78 is 7.66. The number of rotatable bonds is 8. The van der Waals surface area contributed by atoms with Crippen molar-refractivity contribution in [2.45, 2.75) is 39.0 Å². The monoisotopic (exact) mass is 550 g/mol. The van der Waals surface area contributed by atoms with Gasteiger partial charge in [-0.05, 0) is 112 Å². The van der Waals surface area contributed by atoms with Crippen LogP contribution < -0.4 is 20.5 Å². The zero-order chi connectivity index (χ0) is 28.2. The molecule has 7 nitrogen and oxygen atoms in total. The fourth-order valence-corrected chi connectivity index (χ4v) is 5.94. The second-order valence-corrected chi connectivity index (χ2v) is 11.2. The van der Waals surface area contributed by atoms with Gasteiger partial charge in [-0.1, -0.05) is 18.2 Å². The Kier molecular flexibility index (Phi) is 8.05. The minimum atomic E-state index is -0.166. The lowest BCUT2D eigenvalue weighted by atomic mass is 10.1. The molecule has 7 heteroatoms. The van der Waals surface area contributed by atoms with Crippen molar-refractivity contribution < 1.29 is 9.53 Å². The molecule has 1 amide bonds. The molecule has 0 unspecified atom stereocenters. The van der Waals surface area contributed by atoms with Gasteiger partial charge in [0, 0.05) is 42.8 Å². The van der Waals surface area contributed by atoms with E-state index in [1.54, 1.807) is 10.8 Å². The number of pyridine rings is 1. The molecule has 0 radical (unpaired) electrons. The van der Waals surface area contributed by atoms with Crippen LogP contribution in [0, 0.1) is 6.92 Å². The van der Waals surface area contributed by atoms with Gasteiger partial charge in [-0.3, -0.25) is 19.1 Å². The Morgan fingerprint density at radius 1 is 0.878 bits per heavy atom. The topological polar surface area (TPSA) is 66.8 Å². The van der Waals surface area contributed by atoms with E-state index in [4.69, 9.17) is 4.74 Å². The highest BCUT2D eigenvalue weighted by atomic mass is 16.5. The Bertz CT molecular complexity index is 1600. The van der Waals surface area contributed by atoms with Crippen molar-refractivity contribution in [1.29, 1.82) is 0 Å². The molecule has 1 N–H and O–H groups in total. The molecule has 2 fully saturated rings. The zero-order valence-corrected chi connectivity index (χ0v) is 23.8. The maximum Gasteiger partial charge on any atom is 0.263 e. The number of aryl methyl sites for hydroxylation is 1. The molecule has 0 atom stereocenters. The van der Waals surface area contributed by atoms with Gasteiger partial charge in [0.2, 0.25) is 0 Å². The number of ether oxygens (including phenoxy) is 1. The molecular weight excluding hydrogens is 512 g/mol. The Hall–Kier alpha value is -4.10. The van der Waals surface area contributed by atoms with Crippen LogP contribution in [-0.4, -0.2) is 54.7 Å². The number of fused-ring (bicyclic) bond motifs is 1. The summed E-state index contributed by atoms with van der Waals surface area (Å²) in [6.45, 7) is 7.80. The first-order valence-electron chi connectivity index (χ1n) is 14.8. The molecule has 0 bridgehead atoms. The van der Waals surface area contributed by atoms with Crippen LogP contribution in [0.2, 0.25) is 0 Å². The van der Waals surface area contributed by atoms with Gasteiger partial charge < -0.3 is 15.0 Å². The second-order valence-electron chi connectivity index (χ2n) is 11.2. The van der Waals surface area contributed by atoms with E-state index in [2.05, 4.69) is 21.2 Å². The molecule has 2 aliphatic heterocycles. The number of carbonyl (C=O) groups is 1. The Morgan fingerprint density at radius 3 is 2.51 bits per heavy atom. The Balaban J connectivity index is 1.21. The third-order valence-electron chi connectivity index (χ3n) is 8.31. The highest BCUT2D eigenvalue weighted by Crippen LogP contribution is 2.24. The highest BCUT2D eigenvalue weighted by molar-refractivity contribution is 6.05. The molecule has 3 aromatic carbocycles. The van der Waals surface area contributed by atoms with Gasteiger partial charge in [0.15, 0.2) is 0 Å². The van der Waals surface area contributed by atoms with Crippen LogP contribution >= 0.6 is 0 Å². The predicted octanol–water partition coefficient (Wildman–Crippen LogP) is 6.02. The second kappa shape index (κ2) is 12.2. The van der Waals surface area contributed by atoms with Crippen LogP contribution in [0.3, 0.4) is 0 Å². The number of nitrogens with one attached hydrogen (secondary N) is 1. The number of hydrogen-bond acceptors (Lipinski definition) is 5. The van der Waals surface area contributed by atoms with Crippen molar-refractivity contribution in [2.24, 2.45) is 0 Å². The molecule has 2 aliphatic rings. The van der Waals surface area contributed by atoms with Crippen LogP contribution in [0.25, 0.3) is 16.5 Å². The van der Waals surface area contributed by atoms with Crippen LogP contribution in [0.15, 0.2) is 77.7 Å². The summed E-state index contributed by atoms with van der Waals surface area (Å²) in [4.78, 5) is 31.6. The molecule has 2 saturated heterocycles. The fraction of sp³-hybridized carbons (Fsp3) is 0.353. The highest BCUT2D eigenvalue weighted by Gasteiger charge is 2.15. The molecule has 212 valence electrons. The maximum atomic E-state index is 13.7. The smallest absolute Gasteiger partial charge is 0.263 e. The Morgan fingerprint density at radius 2 is 1.68 bits per heavy atom. The molecule has 0 spiro atoms. The lowest BCUT2D eigenvalue weighted by Gasteiger charge is -2.29. The van der Waals surface area contributed by atoms with Gasteiger partial charge in [0.1, 0.15) is 12.4 Å². The van der Waals surface area contributed by atoms with E-state index in [1.807, 2.05) is 67.6 Å². The molecular formula is C34H38N4O3. The average molecular weight is 551 g/mol. The van der Waals surface area contributed by atoms with Crippen LogP contribution in [0.1, 0.15) is 48.0 Å². The normalized spacial score (nSPS) is 15.8. The van der Waals surface area contributed by atoms with Crippen LogP contribution in [-0.2, 0) is 0 Å². The largest absolute Gasteiger partial charge is 0.492 e. The van der Waals surface area contributed by atoms with E-state index < -0.39 is 0 Å². The molecule has 4 aromatic rings. The van der Waals surface area contributed by atoms with E-state index in [9.17, 15) is 9.59 Å². The first-order valence-corrected chi connectivity index (χ1v) is 14.8. The number of carbonyl (C=O) groups excluding carboxylic acids is 1. The minimum absolute atomic E-state index is 0.117.